The molecule has 1 atom stereocenters. The van der Waals surface area contributed by atoms with Crippen molar-refractivity contribution in [1.82, 2.24) is 9.13 Å². The number of carbonyl (C=O) groups is 1. The molecule has 242 valence electrons. The molecule has 48 heavy (non-hydrogen) atoms. The highest BCUT2D eigenvalue weighted by molar-refractivity contribution is 7.07. The van der Waals surface area contributed by atoms with Crippen molar-refractivity contribution in [3.05, 3.63) is 139 Å². The Bertz CT molecular complexity index is 2430. The number of thiazole rings is 1. The van der Waals surface area contributed by atoms with Crippen LogP contribution in [-0.4, -0.2) is 35.9 Å². The average molecular weight is 662 g/mol. The van der Waals surface area contributed by atoms with Gasteiger partial charge in [0.15, 0.2) is 4.80 Å². The van der Waals surface area contributed by atoms with Crippen LogP contribution in [0.3, 0.4) is 0 Å². The summed E-state index contributed by atoms with van der Waals surface area (Å²) < 4.78 is 34.7. The number of halogens is 1. The van der Waals surface area contributed by atoms with Crippen molar-refractivity contribution in [1.29, 1.82) is 0 Å². The second-order valence-corrected chi connectivity index (χ2v) is 12.4. The van der Waals surface area contributed by atoms with Gasteiger partial charge in [0.2, 0.25) is 0 Å². The minimum atomic E-state index is -0.881. The van der Waals surface area contributed by atoms with E-state index in [2.05, 4.69) is 4.57 Å². The number of hydrogen-bond donors (Lipinski definition) is 0. The number of rotatable bonds is 8. The first-order valence-electron chi connectivity index (χ1n) is 15.5. The minimum Gasteiger partial charge on any atom is -0.497 e. The Labute approximate surface area is 279 Å². The number of methoxy groups -OCH3 is 2. The van der Waals surface area contributed by atoms with Gasteiger partial charge in [-0.05, 0) is 72.7 Å². The lowest BCUT2D eigenvalue weighted by Crippen LogP contribution is -2.40. The molecular weight excluding hydrogens is 629 g/mol. The summed E-state index contributed by atoms with van der Waals surface area (Å²) in [4.78, 5) is 33.4. The monoisotopic (exact) mass is 661 g/mol. The van der Waals surface area contributed by atoms with Crippen LogP contribution in [0.4, 0.5) is 4.39 Å². The van der Waals surface area contributed by atoms with Crippen molar-refractivity contribution in [2.45, 2.75) is 26.4 Å². The van der Waals surface area contributed by atoms with Crippen LogP contribution in [0.2, 0.25) is 0 Å². The first-order chi connectivity index (χ1) is 23.3. The third-order valence-corrected chi connectivity index (χ3v) is 9.60. The van der Waals surface area contributed by atoms with Gasteiger partial charge in [-0.2, -0.15) is 0 Å². The molecule has 10 heteroatoms. The fourth-order valence-electron chi connectivity index (χ4n) is 6.40. The Morgan fingerprint density at radius 3 is 2.52 bits per heavy atom. The van der Waals surface area contributed by atoms with E-state index in [9.17, 15) is 14.0 Å². The normalized spacial score (nSPS) is 14.7. The number of para-hydroxylation sites is 1. The van der Waals surface area contributed by atoms with E-state index in [-0.39, 0.29) is 23.6 Å². The van der Waals surface area contributed by atoms with Crippen LogP contribution in [0.15, 0.2) is 106 Å². The summed E-state index contributed by atoms with van der Waals surface area (Å²) in [6, 6.07) is 23.0. The summed E-state index contributed by atoms with van der Waals surface area (Å²) in [5.74, 6) is 0.298. The van der Waals surface area contributed by atoms with Crippen LogP contribution in [0, 0.1) is 5.82 Å². The highest BCUT2D eigenvalue weighted by Gasteiger charge is 2.36. The second-order valence-electron chi connectivity index (χ2n) is 11.4. The van der Waals surface area contributed by atoms with Gasteiger partial charge in [0.1, 0.15) is 23.4 Å². The molecule has 0 spiro atoms. The highest BCUT2D eigenvalue weighted by Crippen LogP contribution is 2.41. The smallest absolute Gasteiger partial charge is 0.338 e. The van der Waals surface area contributed by atoms with Crippen LogP contribution >= 0.6 is 11.3 Å². The number of benzene rings is 4. The molecule has 3 heterocycles. The van der Waals surface area contributed by atoms with E-state index in [0.29, 0.717) is 38.6 Å². The van der Waals surface area contributed by atoms with Crippen LogP contribution in [0.25, 0.3) is 27.8 Å². The summed E-state index contributed by atoms with van der Waals surface area (Å²) in [5, 5.41) is 2.63. The molecule has 1 aliphatic heterocycles. The maximum atomic E-state index is 14.6. The average Bonchev–Trinajstić information content (AvgIpc) is 3.60. The van der Waals surface area contributed by atoms with Gasteiger partial charge in [-0.1, -0.05) is 53.8 Å². The van der Waals surface area contributed by atoms with Crippen molar-refractivity contribution in [2.24, 2.45) is 4.99 Å². The van der Waals surface area contributed by atoms with E-state index in [1.54, 1.807) is 44.8 Å². The minimum absolute atomic E-state index is 0.162. The first kappa shape index (κ1) is 31.1. The zero-order chi connectivity index (χ0) is 33.5. The van der Waals surface area contributed by atoms with E-state index < -0.39 is 12.0 Å². The number of nitrogens with zero attached hydrogens (tertiary/aromatic N) is 3. The molecule has 0 bridgehead atoms. The van der Waals surface area contributed by atoms with E-state index in [1.807, 2.05) is 66.9 Å². The maximum absolute atomic E-state index is 14.6. The largest absolute Gasteiger partial charge is 0.497 e. The van der Waals surface area contributed by atoms with Gasteiger partial charge in [0, 0.05) is 34.8 Å². The van der Waals surface area contributed by atoms with Crippen LogP contribution in [-0.2, 0) is 16.1 Å². The summed E-state index contributed by atoms with van der Waals surface area (Å²) in [6.45, 7) is 4.20. The van der Waals surface area contributed by atoms with Gasteiger partial charge in [-0.25, -0.2) is 14.2 Å². The lowest BCUT2D eigenvalue weighted by molar-refractivity contribution is -0.139. The number of ether oxygens (including phenoxy) is 3. The number of aromatic nitrogens is 2. The van der Waals surface area contributed by atoms with Crippen molar-refractivity contribution in [3.63, 3.8) is 0 Å². The number of esters is 1. The highest BCUT2D eigenvalue weighted by atomic mass is 32.1. The zero-order valence-corrected chi connectivity index (χ0v) is 27.6. The summed E-state index contributed by atoms with van der Waals surface area (Å²) in [5.41, 5.74) is 3.84. The van der Waals surface area contributed by atoms with E-state index in [1.165, 1.54) is 23.5 Å². The molecule has 2 aromatic heterocycles. The molecular formula is C38H32FN3O5S. The third kappa shape index (κ3) is 5.37. The van der Waals surface area contributed by atoms with Crippen LogP contribution in [0.1, 0.15) is 36.6 Å². The molecule has 1 aliphatic rings. The summed E-state index contributed by atoms with van der Waals surface area (Å²) in [7, 11) is 3.16. The van der Waals surface area contributed by atoms with Crippen LogP contribution in [0.5, 0.6) is 11.5 Å². The van der Waals surface area contributed by atoms with E-state index in [4.69, 9.17) is 19.2 Å². The Balaban J connectivity index is 1.46. The summed E-state index contributed by atoms with van der Waals surface area (Å²) >= 11 is 1.26. The quantitative estimate of drug-likeness (QED) is 0.184. The van der Waals surface area contributed by atoms with Crippen LogP contribution < -0.4 is 24.4 Å². The number of hydrogen-bond acceptors (Lipinski definition) is 7. The van der Waals surface area contributed by atoms with Crippen molar-refractivity contribution < 1.29 is 23.4 Å². The Hall–Kier alpha value is -5.48. The molecule has 8 nitrogen and oxygen atoms in total. The maximum Gasteiger partial charge on any atom is 0.338 e. The molecule has 0 N–H and O–H groups in total. The van der Waals surface area contributed by atoms with Gasteiger partial charge in [-0.3, -0.25) is 9.36 Å². The number of allylic oxidation sites excluding steroid dienone is 1. The molecule has 7 rings (SSSR count). The first-order valence-corrected chi connectivity index (χ1v) is 16.3. The molecule has 0 fully saturated rings. The van der Waals surface area contributed by atoms with E-state index in [0.717, 1.165) is 32.8 Å². The Morgan fingerprint density at radius 1 is 1.00 bits per heavy atom. The van der Waals surface area contributed by atoms with Gasteiger partial charge in [0.05, 0.1) is 36.6 Å². The fraction of sp³-hybridized carbons (Fsp3) is 0.184. The molecule has 6 aromatic rings. The van der Waals surface area contributed by atoms with Gasteiger partial charge in [-0.15, -0.1) is 0 Å². The van der Waals surface area contributed by atoms with Gasteiger partial charge >= 0.3 is 5.97 Å². The molecule has 0 radical (unpaired) electrons. The molecule has 0 saturated heterocycles. The van der Waals surface area contributed by atoms with Gasteiger partial charge in [0.25, 0.3) is 5.56 Å². The number of carbonyl (C=O) groups excluding carboxylic acids is 1. The molecule has 0 aliphatic carbocycles. The molecule has 0 saturated carbocycles. The molecule has 0 amide bonds. The predicted molar refractivity (Wildman–Crippen MR) is 185 cm³/mol. The van der Waals surface area contributed by atoms with Gasteiger partial charge < -0.3 is 18.8 Å². The summed E-state index contributed by atoms with van der Waals surface area (Å²) in [6.07, 6.45) is 3.87. The topological polar surface area (TPSA) is 84.1 Å². The van der Waals surface area contributed by atoms with Crippen molar-refractivity contribution >= 4 is 45.1 Å². The van der Waals surface area contributed by atoms with E-state index >= 15 is 0 Å². The Morgan fingerprint density at radius 2 is 1.77 bits per heavy atom. The zero-order valence-electron chi connectivity index (χ0n) is 26.8. The lowest BCUT2D eigenvalue weighted by atomic mass is 9.90. The fourth-order valence-corrected chi connectivity index (χ4v) is 7.44. The third-order valence-electron chi connectivity index (χ3n) is 8.61. The van der Waals surface area contributed by atoms with Crippen molar-refractivity contribution in [2.75, 3.05) is 20.8 Å². The Kier molecular flexibility index (Phi) is 8.18. The lowest BCUT2D eigenvalue weighted by Gasteiger charge is -2.27. The van der Waals surface area contributed by atoms with Crippen molar-refractivity contribution in [3.8, 4) is 11.5 Å². The predicted octanol–water partition coefficient (Wildman–Crippen LogP) is 6.11. The number of fused-ring (bicyclic) bond motifs is 3. The standard InChI is InChI=1S/C38H32FN3O5S/c1-5-47-37(44)33-22(2)40-38-42(35(33)34-29-19-27(45-3)16-12-24(29)13-17-31(34)46-4)36(43)32(48-38)18-25-21-41(30-9-7-6-8-28(25)30)20-23-10-14-26(39)15-11-23/h6-19,21,35H,5,20H2,1-4H3/b32-18-/t35-/m1/s1. The second kappa shape index (κ2) is 12.6. The molecule has 0 unspecified atom stereocenters. The molecule has 4 aromatic carbocycles. The SMILES string of the molecule is CCOC(=O)C1=C(C)N=c2s/c(=C\c3cn(Cc4ccc(F)cc4)c4ccccc34)c(=O)n2[C@H]1c1c(OC)ccc2ccc(OC)cc12.